The van der Waals surface area contributed by atoms with Crippen LogP contribution >= 0.6 is 0 Å². The number of hydrogen-bond donors (Lipinski definition) is 1. The summed E-state index contributed by atoms with van der Waals surface area (Å²) in [5, 5.41) is 3.13. The summed E-state index contributed by atoms with van der Waals surface area (Å²) in [6, 6.07) is 6.58. The molecule has 1 fully saturated rings. The van der Waals surface area contributed by atoms with Crippen LogP contribution in [0.3, 0.4) is 0 Å². The topological polar surface area (TPSA) is 39.7 Å². The predicted octanol–water partition coefficient (Wildman–Crippen LogP) is 1.75. The minimum absolute atomic E-state index is 0.00667. The van der Waals surface area contributed by atoms with Crippen LogP contribution in [0.25, 0.3) is 0 Å². The third-order valence-electron chi connectivity index (χ3n) is 2.44. The van der Waals surface area contributed by atoms with E-state index in [1.165, 1.54) is 18.2 Å². The highest BCUT2D eigenvalue weighted by molar-refractivity contribution is 5.38. The van der Waals surface area contributed by atoms with Crippen LogP contribution in [0.1, 0.15) is 0 Å². The van der Waals surface area contributed by atoms with Gasteiger partial charge in [-0.1, -0.05) is 12.1 Å². The molecule has 0 spiro atoms. The number of nitrogens with one attached hydrogen (secondary N) is 1. The standard InChI is InChI=1S/C12H13F3NO3/c13-12(14,15)19-11-4-2-1-3-10(11)18-8-9-7-17-6-5-16-9/h1-3,9,16H,5-8H2/t9-/m0/s1. The Morgan fingerprint density at radius 1 is 1.47 bits per heavy atom. The van der Waals surface area contributed by atoms with Crippen molar-refractivity contribution in [3.8, 4) is 11.5 Å². The smallest absolute Gasteiger partial charge is 0.488 e. The van der Waals surface area contributed by atoms with E-state index in [2.05, 4.69) is 16.1 Å². The molecule has 1 aliphatic rings. The average Bonchev–Trinajstić information content (AvgIpc) is 2.37. The van der Waals surface area contributed by atoms with Crippen molar-refractivity contribution in [1.29, 1.82) is 0 Å². The van der Waals surface area contributed by atoms with Gasteiger partial charge < -0.3 is 19.5 Å². The lowest BCUT2D eigenvalue weighted by molar-refractivity contribution is -0.275. The second kappa shape index (κ2) is 6.12. The van der Waals surface area contributed by atoms with E-state index in [4.69, 9.17) is 9.47 Å². The Bertz CT molecular complexity index is 405. The Hall–Kier alpha value is -1.47. The molecule has 105 valence electrons. The number of para-hydroxylation sites is 1. The molecule has 0 saturated carbocycles. The maximum absolute atomic E-state index is 12.2. The van der Waals surface area contributed by atoms with Gasteiger partial charge in [0.05, 0.1) is 19.3 Å². The summed E-state index contributed by atoms with van der Waals surface area (Å²) in [4.78, 5) is 0. The minimum Gasteiger partial charge on any atom is -0.488 e. The van der Waals surface area contributed by atoms with Crippen LogP contribution in [-0.2, 0) is 4.74 Å². The molecule has 0 aromatic heterocycles. The molecule has 2 rings (SSSR count). The van der Waals surface area contributed by atoms with Gasteiger partial charge in [0.1, 0.15) is 6.61 Å². The Balaban J connectivity index is 1.95. The fourth-order valence-corrected chi connectivity index (χ4v) is 1.63. The molecule has 1 aromatic rings. The van der Waals surface area contributed by atoms with E-state index in [1.807, 2.05) is 0 Å². The van der Waals surface area contributed by atoms with Crippen LogP contribution in [0.4, 0.5) is 13.2 Å². The molecule has 1 heterocycles. The summed E-state index contributed by atoms with van der Waals surface area (Å²) in [6.45, 7) is 1.98. The van der Waals surface area contributed by atoms with Crippen LogP contribution in [0, 0.1) is 6.07 Å². The number of hydrogen-bond acceptors (Lipinski definition) is 4. The van der Waals surface area contributed by atoms with Gasteiger partial charge in [0.2, 0.25) is 0 Å². The first kappa shape index (κ1) is 14.0. The molecule has 7 heteroatoms. The molecule has 0 unspecified atom stereocenters. The molecule has 1 N–H and O–H groups in total. The highest BCUT2D eigenvalue weighted by Crippen LogP contribution is 2.31. The third kappa shape index (κ3) is 4.60. The maximum Gasteiger partial charge on any atom is 0.573 e. The summed E-state index contributed by atoms with van der Waals surface area (Å²) in [7, 11) is 0. The van der Waals surface area contributed by atoms with Crippen LogP contribution < -0.4 is 14.8 Å². The van der Waals surface area contributed by atoms with Crippen molar-refractivity contribution in [2.75, 3.05) is 26.4 Å². The number of benzene rings is 1. The molecular weight excluding hydrogens is 263 g/mol. The second-order valence-electron chi connectivity index (χ2n) is 3.95. The van der Waals surface area contributed by atoms with Gasteiger partial charge in [-0.2, -0.15) is 0 Å². The molecule has 4 nitrogen and oxygen atoms in total. The van der Waals surface area contributed by atoms with Crippen molar-refractivity contribution in [1.82, 2.24) is 5.32 Å². The van der Waals surface area contributed by atoms with Gasteiger partial charge in [-0.25, -0.2) is 0 Å². The van der Waals surface area contributed by atoms with E-state index in [0.29, 0.717) is 19.8 Å². The highest BCUT2D eigenvalue weighted by atomic mass is 19.4. The normalized spacial score (nSPS) is 20.1. The highest BCUT2D eigenvalue weighted by Gasteiger charge is 2.32. The molecule has 0 amide bonds. The zero-order chi connectivity index (χ0) is 13.7. The number of rotatable bonds is 4. The Labute approximate surface area is 108 Å². The monoisotopic (exact) mass is 276 g/mol. The van der Waals surface area contributed by atoms with Crippen LogP contribution in [0.5, 0.6) is 11.5 Å². The zero-order valence-electron chi connectivity index (χ0n) is 10.00. The third-order valence-corrected chi connectivity index (χ3v) is 2.44. The van der Waals surface area contributed by atoms with Crippen molar-refractivity contribution in [2.24, 2.45) is 0 Å². The number of morpholine rings is 1. The molecule has 1 atom stereocenters. The summed E-state index contributed by atoms with van der Waals surface area (Å²) in [6.07, 6.45) is -4.76. The SMILES string of the molecule is FC(F)(F)Oc1[c]cccc1OC[C@@H]1COCCN1. The van der Waals surface area contributed by atoms with E-state index in [0.717, 1.165) is 0 Å². The fraction of sp³-hybridized carbons (Fsp3) is 0.500. The van der Waals surface area contributed by atoms with Crippen LogP contribution in [0.15, 0.2) is 18.2 Å². The molecule has 1 saturated heterocycles. The lowest BCUT2D eigenvalue weighted by atomic mass is 10.3. The summed E-state index contributed by atoms with van der Waals surface area (Å²) < 4.78 is 50.9. The van der Waals surface area contributed by atoms with E-state index in [1.54, 1.807) is 0 Å². The van der Waals surface area contributed by atoms with Crippen LogP contribution in [0.2, 0.25) is 0 Å². The zero-order valence-corrected chi connectivity index (χ0v) is 10.00. The molecule has 0 aliphatic carbocycles. The van der Waals surface area contributed by atoms with Gasteiger partial charge in [-0.3, -0.25) is 0 Å². The summed E-state index contributed by atoms with van der Waals surface area (Å²) in [5.74, 6) is -0.459. The number of alkyl halides is 3. The van der Waals surface area contributed by atoms with Gasteiger partial charge in [-0.15, -0.1) is 13.2 Å². The summed E-state index contributed by atoms with van der Waals surface area (Å²) in [5.41, 5.74) is 0. The van der Waals surface area contributed by atoms with Gasteiger partial charge in [0.25, 0.3) is 0 Å². The Kier molecular flexibility index (Phi) is 4.49. The molecule has 0 bridgehead atoms. The van der Waals surface area contributed by atoms with Crippen molar-refractivity contribution in [3.05, 3.63) is 24.3 Å². The maximum atomic E-state index is 12.2. The molecule has 1 aliphatic heterocycles. The van der Waals surface area contributed by atoms with Gasteiger partial charge in [-0.05, 0) is 6.07 Å². The van der Waals surface area contributed by atoms with Crippen molar-refractivity contribution in [2.45, 2.75) is 12.4 Å². The first-order chi connectivity index (χ1) is 9.04. The number of ether oxygens (including phenoxy) is 3. The molecule has 19 heavy (non-hydrogen) atoms. The lowest BCUT2D eigenvalue weighted by Gasteiger charge is -2.24. The van der Waals surface area contributed by atoms with Gasteiger partial charge >= 0.3 is 6.36 Å². The molecule has 1 aromatic carbocycles. The van der Waals surface area contributed by atoms with Crippen molar-refractivity contribution in [3.63, 3.8) is 0 Å². The minimum atomic E-state index is -4.76. The van der Waals surface area contributed by atoms with Crippen molar-refractivity contribution >= 4 is 0 Å². The van der Waals surface area contributed by atoms with E-state index in [9.17, 15) is 13.2 Å². The lowest BCUT2D eigenvalue weighted by Crippen LogP contribution is -2.44. The number of halogens is 3. The van der Waals surface area contributed by atoms with E-state index >= 15 is 0 Å². The first-order valence-corrected chi connectivity index (χ1v) is 5.75. The van der Waals surface area contributed by atoms with Gasteiger partial charge in [0, 0.05) is 12.6 Å². The first-order valence-electron chi connectivity index (χ1n) is 5.75. The fourth-order valence-electron chi connectivity index (χ4n) is 1.63. The molecular formula is C12H13F3NO3. The average molecular weight is 276 g/mol. The molecule has 1 radical (unpaired) electrons. The summed E-state index contributed by atoms with van der Waals surface area (Å²) >= 11 is 0. The second-order valence-corrected chi connectivity index (χ2v) is 3.95. The van der Waals surface area contributed by atoms with Gasteiger partial charge in [0.15, 0.2) is 11.5 Å². The predicted molar refractivity (Wildman–Crippen MR) is 60.1 cm³/mol. The van der Waals surface area contributed by atoms with Crippen molar-refractivity contribution < 1.29 is 27.4 Å². The quantitative estimate of drug-likeness (QED) is 0.909. The largest absolute Gasteiger partial charge is 0.573 e. The van der Waals surface area contributed by atoms with E-state index in [-0.39, 0.29) is 18.4 Å². The van der Waals surface area contributed by atoms with Crippen LogP contribution in [-0.4, -0.2) is 38.8 Å². The Morgan fingerprint density at radius 2 is 2.32 bits per heavy atom. The van der Waals surface area contributed by atoms with E-state index < -0.39 is 12.1 Å². The Morgan fingerprint density at radius 3 is 3.00 bits per heavy atom.